The lowest BCUT2D eigenvalue weighted by Gasteiger charge is -2.14. The second-order valence-corrected chi connectivity index (χ2v) is 6.40. The van der Waals surface area contributed by atoms with Gasteiger partial charge in [-0.05, 0) is 71.3 Å². The molecule has 0 saturated heterocycles. The third-order valence-electron chi connectivity index (χ3n) is 4.72. The Kier molecular flexibility index (Phi) is 4.59. The summed E-state index contributed by atoms with van der Waals surface area (Å²) in [7, 11) is 0. The lowest BCUT2D eigenvalue weighted by molar-refractivity contribution is 0.340. The van der Waals surface area contributed by atoms with Gasteiger partial charge in [-0.15, -0.1) is 0 Å². The molecule has 0 fully saturated rings. The Morgan fingerprint density at radius 2 is 1.30 bits per heavy atom. The minimum absolute atomic E-state index is 0.255. The smallest absolute Gasteiger partial charge is 0.124 e. The van der Waals surface area contributed by atoms with Crippen LogP contribution in [0, 0.1) is 0 Å². The van der Waals surface area contributed by atoms with Crippen LogP contribution in [0.2, 0.25) is 0 Å². The minimum Gasteiger partial charge on any atom is -0.507 e. The van der Waals surface area contributed by atoms with Crippen LogP contribution in [0.5, 0.6) is 17.2 Å². The van der Waals surface area contributed by atoms with Crippen LogP contribution in [0.25, 0.3) is 32.7 Å². The molecule has 4 rings (SSSR count). The van der Waals surface area contributed by atoms with E-state index in [2.05, 4.69) is 12.1 Å². The number of ether oxygens (including phenoxy) is 2. The number of rotatable bonds is 5. The van der Waals surface area contributed by atoms with Gasteiger partial charge in [0.05, 0.1) is 13.2 Å². The van der Waals surface area contributed by atoms with E-state index in [0.29, 0.717) is 13.2 Å². The van der Waals surface area contributed by atoms with Crippen LogP contribution in [-0.2, 0) is 0 Å². The topological polar surface area (TPSA) is 38.7 Å². The Hall–Kier alpha value is -3.20. The molecule has 3 nitrogen and oxygen atoms in total. The third kappa shape index (κ3) is 3.17. The Morgan fingerprint density at radius 3 is 1.96 bits per heavy atom. The number of hydrogen-bond donors (Lipinski definition) is 1. The van der Waals surface area contributed by atoms with Gasteiger partial charge in [-0.25, -0.2) is 0 Å². The third-order valence-corrected chi connectivity index (χ3v) is 4.72. The van der Waals surface area contributed by atoms with Crippen molar-refractivity contribution in [3.8, 4) is 28.4 Å². The summed E-state index contributed by atoms with van der Waals surface area (Å²) in [5, 5.41) is 14.9. The largest absolute Gasteiger partial charge is 0.507 e. The molecule has 1 N–H and O–H groups in total. The second kappa shape index (κ2) is 7.20. The van der Waals surface area contributed by atoms with E-state index in [9.17, 15) is 5.11 Å². The molecule has 0 bridgehead atoms. The van der Waals surface area contributed by atoms with Gasteiger partial charge in [0.15, 0.2) is 0 Å². The van der Waals surface area contributed by atoms with Gasteiger partial charge >= 0.3 is 0 Å². The first-order valence-electron chi connectivity index (χ1n) is 9.25. The summed E-state index contributed by atoms with van der Waals surface area (Å²) in [4.78, 5) is 0. The molecule has 0 aliphatic carbocycles. The molecular weight excluding hydrogens is 336 g/mol. The highest BCUT2D eigenvalue weighted by molar-refractivity contribution is 6.08. The SMILES string of the molecule is CCOc1ccc2cccc(-c3c(O)ccc4ccc(OCC)cc34)c2c1. The van der Waals surface area contributed by atoms with Crippen LogP contribution in [0.1, 0.15) is 13.8 Å². The fourth-order valence-corrected chi connectivity index (χ4v) is 3.55. The maximum atomic E-state index is 10.7. The molecule has 0 atom stereocenters. The zero-order valence-electron chi connectivity index (χ0n) is 15.5. The van der Waals surface area contributed by atoms with Crippen LogP contribution >= 0.6 is 0 Å². The fraction of sp³-hybridized carbons (Fsp3) is 0.167. The molecular formula is C24H22O3. The zero-order valence-corrected chi connectivity index (χ0v) is 15.5. The summed E-state index contributed by atoms with van der Waals surface area (Å²) in [6, 6.07) is 21.9. The molecule has 0 aromatic heterocycles. The summed E-state index contributed by atoms with van der Waals surface area (Å²) < 4.78 is 11.4. The second-order valence-electron chi connectivity index (χ2n) is 6.40. The first kappa shape index (κ1) is 17.2. The lowest BCUT2D eigenvalue weighted by Crippen LogP contribution is -1.93. The van der Waals surface area contributed by atoms with Crippen LogP contribution in [0.15, 0.2) is 66.7 Å². The average Bonchev–Trinajstić information content (AvgIpc) is 2.68. The van der Waals surface area contributed by atoms with E-state index >= 15 is 0 Å². The molecule has 0 heterocycles. The van der Waals surface area contributed by atoms with E-state index in [-0.39, 0.29) is 5.75 Å². The van der Waals surface area contributed by atoms with E-state index in [1.165, 1.54) is 0 Å². The van der Waals surface area contributed by atoms with Crippen molar-refractivity contribution in [3.05, 3.63) is 66.7 Å². The van der Waals surface area contributed by atoms with Crippen molar-refractivity contribution >= 4 is 21.5 Å². The van der Waals surface area contributed by atoms with Gasteiger partial charge in [0.2, 0.25) is 0 Å². The van der Waals surface area contributed by atoms with Crippen molar-refractivity contribution in [1.82, 2.24) is 0 Å². The predicted molar refractivity (Wildman–Crippen MR) is 111 cm³/mol. The number of phenolic OH excluding ortho intramolecular Hbond substituents is 1. The van der Waals surface area contributed by atoms with Crippen molar-refractivity contribution in [1.29, 1.82) is 0 Å². The molecule has 4 aromatic carbocycles. The molecule has 0 saturated carbocycles. The van der Waals surface area contributed by atoms with Crippen molar-refractivity contribution in [2.45, 2.75) is 13.8 Å². The molecule has 136 valence electrons. The Labute approximate surface area is 158 Å². The van der Waals surface area contributed by atoms with Gasteiger partial charge in [0.1, 0.15) is 17.2 Å². The molecule has 0 spiro atoms. The Bertz CT molecular complexity index is 1120. The molecule has 0 aliphatic heterocycles. The van der Waals surface area contributed by atoms with Crippen molar-refractivity contribution < 1.29 is 14.6 Å². The molecule has 0 unspecified atom stereocenters. The molecule has 3 heteroatoms. The van der Waals surface area contributed by atoms with Crippen molar-refractivity contribution in [2.75, 3.05) is 13.2 Å². The van der Waals surface area contributed by atoms with E-state index in [1.807, 2.05) is 62.4 Å². The molecule has 0 radical (unpaired) electrons. The molecule has 27 heavy (non-hydrogen) atoms. The highest BCUT2D eigenvalue weighted by Gasteiger charge is 2.14. The summed E-state index contributed by atoms with van der Waals surface area (Å²) in [6.07, 6.45) is 0. The van der Waals surface area contributed by atoms with Crippen LogP contribution in [0.3, 0.4) is 0 Å². The Morgan fingerprint density at radius 1 is 0.704 bits per heavy atom. The molecule has 0 amide bonds. The Balaban J connectivity index is 2.02. The first-order chi connectivity index (χ1) is 13.2. The van der Waals surface area contributed by atoms with Crippen LogP contribution in [-0.4, -0.2) is 18.3 Å². The lowest BCUT2D eigenvalue weighted by atomic mass is 9.93. The van der Waals surface area contributed by atoms with Crippen LogP contribution in [0.4, 0.5) is 0 Å². The number of aromatic hydroxyl groups is 1. The van der Waals surface area contributed by atoms with E-state index in [4.69, 9.17) is 9.47 Å². The average molecular weight is 358 g/mol. The maximum Gasteiger partial charge on any atom is 0.124 e. The predicted octanol–water partition coefficient (Wildman–Crippen LogP) is 6.16. The normalized spacial score (nSPS) is 11.0. The van der Waals surface area contributed by atoms with Gasteiger partial charge < -0.3 is 14.6 Å². The van der Waals surface area contributed by atoms with Gasteiger partial charge in [0.25, 0.3) is 0 Å². The summed E-state index contributed by atoms with van der Waals surface area (Å²) in [5.74, 6) is 1.88. The van der Waals surface area contributed by atoms with Gasteiger partial charge in [0, 0.05) is 5.56 Å². The van der Waals surface area contributed by atoms with Gasteiger partial charge in [-0.2, -0.15) is 0 Å². The number of fused-ring (bicyclic) bond motifs is 2. The standard InChI is InChI=1S/C24H22O3/c1-3-26-18-11-8-16-6-5-7-20(21(16)14-18)24-22-15-19(27-4-2)12-9-17(22)10-13-23(24)25/h5-15,25H,3-4H2,1-2H3. The van der Waals surface area contributed by atoms with Gasteiger partial charge in [-0.3, -0.25) is 0 Å². The summed E-state index contributed by atoms with van der Waals surface area (Å²) in [6.45, 7) is 5.16. The minimum atomic E-state index is 0.255. The highest BCUT2D eigenvalue weighted by atomic mass is 16.5. The number of benzene rings is 4. The van der Waals surface area contributed by atoms with Gasteiger partial charge in [-0.1, -0.05) is 36.4 Å². The summed E-state index contributed by atoms with van der Waals surface area (Å²) >= 11 is 0. The molecule has 0 aliphatic rings. The summed E-state index contributed by atoms with van der Waals surface area (Å²) in [5.41, 5.74) is 1.79. The molecule has 4 aromatic rings. The van der Waals surface area contributed by atoms with Crippen molar-refractivity contribution in [2.24, 2.45) is 0 Å². The van der Waals surface area contributed by atoms with E-state index in [1.54, 1.807) is 6.07 Å². The zero-order chi connectivity index (χ0) is 18.8. The maximum absolute atomic E-state index is 10.7. The van der Waals surface area contributed by atoms with E-state index < -0.39 is 0 Å². The highest BCUT2D eigenvalue weighted by Crippen LogP contribution is 2.41. The van der Waals surface area contributed by atoms with Crippen LogP contribution < -0.4 is 9.47 Å². The quantitative estimate of drug-likeness (QED) is 0.464. The van der Waals surface area contributed by atoms with E-state index in [0.717, 1.165) is 44.2 Å². The number of phenols is 1. The first-order valence-corrected chi connectivity index (χ1v) is 9.25. The fourth-order valence-electron chi connectivity index (χ4n) is 3.55. The monoisotopic (exact) mass is 358 g/mol. The van der Waals surface area contributed by atoms with Crippen molar-refractivity contribution in [3.63, 3.8) is 0 Å². The number of hydrogen-bond acceptors (Lipinski definition) is 3.